The number of anilines is 1. The van der Waals surface area contributed by atoms with Crippen molar-refractivity contribution < 1.29 is 14.3 Å². The van der Waals surface area contributed by atoms with Crippen LogP contribution in [0.1, 0.15) is 30.6 Å². The summed E-state index contributed by atoms with van der Waals surface area (Å²) in [4.78, 5) is 32.6. The molecule has 1 aliphatic heterocycles. The molecule has 1 aliphatic rings. The molecule has 0 aliphatic carbocycles. The fraction of sp³-hybridized carbons (Fsp3) is 0.381. The van der Waals surface area contributed by atoms with Crippen LogP contribution in [-0.4, -0.2) is 53.9 Å². The van der Waals surface area contributed by atoms with Gasteiger partial charge in [0.1, 0.15) is 11.6 Å². The third-order valence-electron chi connectivity index (χ3n) is 4.69. The van der Waals surface area contributed by atoms with Crippen LogP contribution in [0.15, 0.2) is 48.7 Å². The molecule has 1 saturated heterocycles. The fourth-order valence-corrected chi connectivity index (χ4v) is 3.16. The molecule has 2 heterocycles. The molecule has 0 bridgehead atoms. The zero-order valence-electron chi connectivity index (χ0n) is 15.8. The van der Waals surface area contributed by atoms with Crippen LogP contribution in [0.25, 0.3) is 0 Å². The first-order valence-electron chi connectivity index (χ1n) is 9.27. The summed E-state index contributed by atoms with van der Waals surface area (Å²) < 4.78 is 5.77. The highest BCUT2D eigenvalue weighted by Crippen LogP contribution is 2.16. The Morgan fingerprint density at radius 1 is 1.04 bits per heavy atom. The maximum atomic E-state index is 12.7. The Morgan fingerprint density at radius 3 is 2.48 bits per heavy atom. The molecule has 1 atom stereocenters. The summed E-state index contributed by atoms with van der Waals surface area (Å²) in [6, 6.07) is 13.1. The molecule has 142 valence electrons. The van der Waals surface area contributed by atoms with Crippen LogP contribution in [0.5, 0.6) is 5.75 Å². The Hall–Kier alpha value is -2.89. The first-order chi connectivity index (χ1) is 13.0. The van der Waals surface area contributed by atoms with E-state index in [2.05, 4.69) is 9.88 Å². The molecule has 1 unspecified atom stereocenters. The minimum atomic E-state index is -0.521. The topological polar surface area (TPSA) is 62.7 Å². The van der Waals surface area contributed by atoms with Gasteiger partial charge in [-0.05, 0) is 44.5 Å². The molecule has 0 spiro atoms. The molecule has 1 amide bonds. The average Bonchev–Trinajstić information content (AvgIpc) is 2.94. The van der Waals surface area contributed by atoms with Crippen LogP contribution in [0.4, 0.5) is 5.82 Å². The average molecular weight is 367 g/mol. The first-order valence-corrected chi connectivity index (χ1v) is 9.27. The SMILES string of the molecule is CC(=O)c1ccc(N2CCCN(C(=O)C(C)Oc3ccccc3)CC2)nc1. The van der Waals surface area contributed by atoms with Crippen molar-refractivity contribution in [2.24, 2.45) is 0 Å². The summed E-state index contributed by atoms with van der Waals surface area (Å²) in [7, 11) is 0. The van der Waals surface area contributed by atoms with Crippen LogP contribution in [0.2, 0.25) is 0 Å². The molecular weight excluding hydrogens is 342 g/mol. The van der Waals surface area contributed by atoms with Gasteiger partial charge in [-0.25, -0.2) is 4.98 Å². The van der Waals surface area contributed by atoms with Gasteiger partial charge in [-0.3, -0.25) is 9.59 Å². The van der Waals surface area contributed by atoms with Crippen molar-refractivity contribution in [2.45, 2.75) is 26.4 Å². The van der Waals surface area contributed by atoms with Gasteiger partial charge >= 0.3 is 0 Å². The van der Waals surface area contributed by atoms with Crippen molar-refractivity contribution >= 4 is 17.5 Å². The maximum absolute atomic E-state index is 12.7. The number of amides is 1. The van der Waals surface area contributed by atoms with Crippen molar-refractivity contribution in [3.63, 3.8) is 0 Å². The molecule has 1 fully saturated rings. The second-order valence-corrected chi connectivity index (χ2v) is 6.70. The van der Waals surface area contributed by atoms with Gasteiger partial charge in [-0.2, -0.15) is 0 Å². The number of aromatic nitrogens is 1. The van der Waals surface area contributed by atoms with Gasteiger partial charge < -0.3 is 14.5 Å². The number of para-hydroxylation sites is 1. The van der Waals surface area contributed by atoms with E-state index >= 15 is 0 Å². The molecule has 2 aromatic rings. The molecule has 0 N–H and O–H groups in total. The number of hydrogen-bond acceptors (Lipinski definition) is 5. The number of ketones is 1. The largest absolute Gasteiger partial charge is 0.481 e. The molecule has 3 rings (SSSR count). The second kappa shape index (κ2) is 8.66. The molecule has 0 radical (unpaired) electrons. The Morgan fingerprint density at radius 2 is 1.81 bits per heavy atom. The molecule has 6 heteroatoms. The first kappa shape index (κ1) is 18.9. The van der Waals surface area contributed by atoms with Gasteiger partial charge in [0, 0.05) is 37.9 Å². The predicted octanol–water partition coefficient (Wildman–Crippen LogP) is 2.79. The highest BCUT2D eigenvalue weighted by atomic mass is 16.5. The monoisotopic (exact) mass is 367 g/mol. The third kappa shape index (κ3) is 4.84. The number of Topliss-reactive ketones (excluding diaryl/α,β-unsaturated/α-hetero) is 1. The van der Waals surface area contributed by atoms with E-state index in [0.717, 1.165) is 18.8 Å². The van der Waals surface area contributed by atoms with Crippen LogP contribution < -0.4 is 9.64 Å². The Bertz CT molecular complexity index is 777. The lowest BCUT2D eigenvalue weighted by Crippen LogP contribution is -2.42. The van der Waals surface area contributed by atoms with Gasteiger partial charge in [0.2, 0.25) is 0 Å². The van der Waals surface area contributed by atoms with Gasteiger partial charge in [0.15, 0.2) is 11.9 Å². The van der Waals surface area contributed by atoms with Crippen molar-refractivity contribution in [1.82, 2.24) is 9.88 Å². The van der Waals surface area contributed by atoms with Crippen LogP contribution in [0.3, 0.4) is 0 Å². The molecular formula is C21H25N3O3. The number of benzene rings is 1. The minimum Gasteiger partial charge on any atom is -0.481 e. The van der Waals surface area contributed by atoms with E-state index in [1.54, 1.807) is 19.2 Å². The second-order valence-electron chi connectivity index (χ2n) is 6.70. The van der Waals surface area contributed by atoms with Crippen molar-refractivity contribution in [2.75, 3.05) is 31.1 Å². The lowest BCUT2D eigenvalue weighted by molar-refractivity contribution is -0.137. The normalized spacial score (nSPS) is 15.8. The molecule has 1 aromatic heterocycles. The summed E-state index contributed by atoms with van der Waals surface area (Å²) in [5.74, 6) is 1.54. The number of carbonyl (C=O) groups is 2. The highest BCUT2D eigenvalue weighted by Gasteiger charge is 2.25. The standard InChI is InChI=1S/C21H25N3O3/c1-16(25)18-9-10-20(22-15-18)23-11-6-12-24(14-13-23)21(26)17(2)27-19-7-4-3-5-8-19/h3-5,7-10,15,17H,6,11-14H2,1-2H3. The molecule has 6 nitrogen and oxygen atoms in total. The van der Waals surface area contributed by atoms with Gasteiger partial charge in [0.25, 0.3) is 5.91 Å². The number of ether oxygens (including phenoxy) is 1. The number of hydrogen-bond donors (Lipinski definition) is 0. The van der Waals surface area contributed by atoms with E-state index in [0.29, 0.717) is 30.9 Å². The van der Waals surface area contributed by atoms with Crippen LogP contribution >= 0.6 is 0 Å². The summed E-state index contributed by atoms with van der Waals surface area (Å²) in [6.07, 6.45) is 1.95. The summed E-state index contributed by atoms with van der Waals surface area (Å²) in [6.45, 7) is 6.17. The number of pyridine rings is 1. The van der Waals surface area contributed by atoms with Crippen LogP contribution in [0, 0.1) is 0 Å². The van der Waals surface area contributed by atoms with E-state index < -0.39 is 6.10 Å². The van der Waals surface area contributed by atoms with Gasteiger partial charge in [0.05, 0.1) is 0 Å². The quantitative estimate of drug-likeness (QED) is 0.761. The Labute approximate surface area is 159 Å². The van der Waals surface area contributed by atoms with Gasteiger partial charge in [-0.15, -0.1) is 0 Å². The smallest absolute Gasteiger partial charge is 0.263 e. The van der Waals surface area contributed by atoms with E-state index in [1.165, 1.54) is 6.92 Å². The van der Waals surface area contributed by atoms with Crippen molar-refractivity contribution in [1.29, 1.82) is 0 Å². The maximum Gasteiger partial charge on any atom is 0.263 e. The fourth-order valence-electron chi connectivity index (χ4n) is 3.16. The van der Waals surface area contributed by atoms with E-state index in [1.807, 2.05) is 41.3 Å². The summed E-state index contributed by atoms with van der Waals surface area (Å²) in [5.41, 5.74) is 0.609. The molecule has 0 saturated carbocycles. The Kier molecular flexibility index (Phi) is 6.06. The number of nitrogens with zero attached hydrogens (tertiary/aromatic N) is 3. The number of carbonyl (C=O) groups excluding carboxylic acids is 2. The van der Waals surface area contributed by atoms with Gasteiger partial charge in [-0.1, -0.05) is 18.2 Å². The lowest BCUT2D eigenvalue weighted by atomic mass is 10.2. The lowest BCUT2D eigenvalue weighted by Gasteiger charge is -2.25. The van der Waals surface area contributed by atoms with Crippen molar-refractivity contribution in [3.8, 4) is 5.75 Å². The number of rotatable bonds is 5. The zero-order chi connectivity index (χ0) is 19.2. The highest BCUT2D eigenvalue weighted by molar-refractivity contribution is 5.93. The molecule has 27 heavy (non-hydrogen) atoms. The molecule has 1 aromatic carbocycles. The van der Waals surface area contributed by atoms with Crippen molar-refractivity contribution in [3.05, 3.63) is 54.2 Å². The van der Waals surface area contributed by atoms with E-state index in [-0.39, 0.29) is 11.7 Å². The van der Waals surface area contributed by atoms with Crippen LogP contribution in [-0.2, 0) is 4.79 Å². The summed E-state index contributed by atoms with van der Waals surface area (Å²) in [5, 5.41) is 0. The zero-order valence-corrected chi connectivity index (χ0v) is 15.8. The van der Waals surface area contributed by atoms with E-state index in [9.17, 15) is 9.59 Å². The summed E-state index contributed by atoms with van der Waals surface area (Å²) >= 11 is 0. The Balaban J connectivity index is 1.58. The minimum absolute atomic E-state index is 0.000546. The van der Waals surface area contributed by atoms with E-state index in [4.69, 9.17) is 4.74 Å². The third-order valence-corrected chi connectivity index (χ3v) is 4.69. The predicted molar refractivity (Wildman–Crippen MR) is 104 cm³/mol.